The Balaban J connectivity index is 2.44. The summed E-state index contributed by atoms with van der Waals surface area (Å²) < 4.78 is 40.3. The van der Waals surface area contributed by atoms with Gasteiger partial charge in [-0.2, -0.15) is 18.3 Å². The Morgan fingerprint density at radius 2 is 1.90 bits per heavy atom. The average Bonchev–Trinajstić information content (AvgIpc) is 3.06. The summed E-state index contributed by atoms with van der Waals surface area (Å²) in [4.78, 5) is 35.4. The number of benzene rings is 1. The van der Waals surface area contributed by atoms with E-state index in [1.807, 2.05) is 0 Å². The van der Waals surface area contributed by atoms with Crippen LogP contribution < -0.4 is 10.6 Å². The molecule has 2 rings (SSSR count). The molecule has 1 aromatic heterocycles. The molecule has 29 heavy (non-hydrogen) atoms. The fourth-order valence-electron chi connectivity index (χ4n) is 2.85. The molecule has 0 aliphatic carbocycles. The van der Waals surface area contributed by atoms with E-state index in [-0.39, 0.29) is 0 Å². The van der Waals surface area contributed by atoms with Crippen molar-refractivity contribution in [3.63, 3.8) is 0 Å². The number of nitrogens with zero attached hydrogens (tertiary/aromatic N) is 3. The van der Waals surface area contributed by atoms with Crippen molar-refractivity contribution < 1.29 is 27.7 Å². The first-order chi connectivity index (χ1) is 13.5. The molecule has 0 saturated carbocycles. The molecule has 0 bridgehead atoms. The molecule has 12 heteroatoms. The molecule has 9 nitrogen and oxygen atoms in total. The smallest absolute Gasteiger partial charge is 0.357 e. The summed E-state index contributed by atoms with van der Waals surface area (Å²) in [5.74, 6) is -3.11. The minimum atomic E-state index is -4.89. The van der Waals surface area contributed by atoms with Crippen LogP contribution in [-0.2, 0) is 18.0 Å². The van der Waals surface area contributed by atoms with Crippen molar-refractivity contribution in [2.75, 3.05) is 13.6 Å². The first-order valence-electron chi connectivity index (χ1n) is 8.34. The number of hydrogen-bond donors (Lipinski definition) is 2. The number of hydrogen-bond acceptors (Lipinski definition) is 5. The Morgan fingerprint density at radius 3 is 2.41 bits per heavy atom. The lowest BCUT2D eigenvalue weighted by Gasteiger charge is -2.24. The number of aromatic nitrogens is 2. The van der Waals surface area contributed by atoms with Crippen LogP contribution in [0.15, 0.2) is 36.5 Å². The summed E-state index contributed by atoms with van der Waals surface area (Å²) in [6, 6.07) is 6.41. The number of alkyl halides is 3. The molecule has 0 radical (unpaired) electrons. The van der Waals surface area contributed by atoms with E-state index in [1.54, 1.807) is 18.2 Å². The zero-order valence-corrected chi connectivity index (χ0v) is 15.4. The van der Waals surface area contributed by atoms with Gasteiger partial charge in [0.25, 0.3) is 5.91 Å². The highest BCUT2D eigenvalue weighted by molar-refractivity contribution is 5.98. The molecule has 0 spiro atoms. The standard InChI is InChI=1S/C17H18F3N5O4/c1-21-16(27)13(11(9-25(28)29)10-6-4-3-5-7-10)22-15(26)12-8-24(2)23-14(12)17(18,19)20/h3-8,11,13H,9H2,1-2H3,(H,21,27)(H,22,26)/t11-,13+/m1/s1. The van der Waals surface area contributed by atoms with E-state index in [1.165, 1.54) is 26.2 Å². The molecule has 0 aliphatic rings. The van der Waals surface area contributed by atoms with Crippen LogP contribution in [0.3, 0.4) is 0 Å². The monoisotopic (exact) mass is 413 g/mol. The highest BCUT2D eigenvalue weighted by atomic mass is 19.4. The van der Waals surface area contributed by atoms with E-state index in [9.17, 15) is 32.9 Å². The fourth-order valence-corrected chi connectivity index (χ4v) is 2.85. The second kappa shape index (κ2) is 8.71. The molecule has 2 N–H and O–H groups in total. The molecule has 0 unspecified atom stereocenters. The molecular weight excluding hydrogens is 395 g/mol. The van der Waals surface area contributed by atoms with E-state index in [2.05, 4.69) is 15.7 Å². The molecule has 2 atom stereocenters. The van der Waals surface area contributed by atoms with Crippen LogP contribution in [0.2, 0.25) is 0 Å². The van der Waals surface area contributed by atoms with Crippen LogP contribution in [0.4, 0.5) is 13.2 Å². The van der Waals surface area contributed by atoms with Gasteiger partial charge >= 0.3 is 6.18 Å². The van der Waals surface area contributed by atoms with E-state index >= 15 is 0 Å². The molecular formula is C17H18F3N5O4. The van der Waals surface area contributed by atoms with Crippen molar-refractivity contribution in [2.24, 2.45) is 7.05 Å². The lowest BCUT2D eigenvalue weighted by Crippen LogP contribution is -2.51. The summed E-state index contributed by atoms with van der Waals surface area (Å²) in [5.41, 5.74) is -1.83. The van der Waals surface area contributed by atoms with Crippen LogP contribution in [0.25, 0.3) is 0 Å². The highest BCUT2D eigenvalue weighted by Crippen LogP contribution is 2.31. The van der Waals surface area contributed by atoms with Gasteiger partial charge in [0.2, 0.25) is 12.5 Å². The topological polar surface area (TPSA) is 119 Å². The van der Waals surface area contributed by atoms with Gasteiger partial charge in [-0.15, -0.1) is 0 Å². The van der Waals surface area contributed by atoms with Crippen molar-refractivity contribution >= 4 is 11.8 Å². The normalized spacial score (nSPS) is 13.4. The molecule has 156 valence electrons. The van der Waals surface area contributed by atoms with Gasteiger partial charge in [-0.3, -0.25) is 24.4 Å². The van der Waals surface area contributed by atoms with Crippen LogP contribution >= 0.6 is 0 Å². The number of likely N-dealkylation sites (N-methyl/N-ethyl adjacent to an activating group) is 1. The van der Waals surface area contributed by atoms with Gasteiger partial charge in [0.1, 0.15) is 6.04 Å². The van der Waals surface area contributed by atoms with E-state index in [4.69, 9.17) is 0 Å². The van der Waals surface area contributed by atoms with Crippen LogP contribution in [0.1, 0.15) is 27.5 Å². The number of amides is 2. The Kier molecular flexibility index (Phi) is 6.56. The van der Waals surface area contributed by atoms with Crippen molar-refractivity contribution in [1.82, 2.24) is 20.4 Å². The van der Waals surface area contributed by atoms with E-state index in [0.29, 0.717) is 5.56 Å². The number of carbonyl (C=O) groups excluding carboxylic acids is 2. The summed E-state index contributed by atoms with van der Waals surface area (Å²) in [6.45, 7) is -0.721. The SMILES string of the molecule is CNC(=O)[C@@H](NC(=O)c1cn(C)nc1C(F)(F)F)[C@H](C[N+](=O)[O-])c1ccccc1. The number of carbonyl (C=O) groups is 2. The molecule has 0 saturated heterocycles. The largest absolute Gasteiger partial charge is 0.435 e. The third-order valence-electron chi connectivity index (χ3n) is 4.13. The Morgan fingerprint density at radius 1 is 1.28 bits per heavy atom. The van der Waals surface area contributed by atoms with Gasteiger partial charge in [-0.05, 0) is 5.56 Å². The maximum absolute atomic E-state index is 13.2. The fraction of sp³-hybridized carbons (Fsp3) is 0.353. The third-order valence-corrected chi connectivity index (χ3v) is 4.13. The molecule has 1 heterocycles. The van der Waals surface area contributed by atoms with Crippen LogP contribution in [0.5, 0.6) is 0 Å². The van der Waals surface area contributed by atoms with Crippen molar-refractivity contribution in [3.05, 3.63) is 63.5 Å². The van der Waals surface area contributed by atoms with Gasteiger partial charge in [-0.1, -0.05) is 30.3 Å². The lowest BCUT2D eigenvalue weighted by molar-refractivity contribution is -0.483. The number of nitrogens with one attached hydrogen (secondary N) is 2. The van der Waals surface area contributed by atoms with Gasteiger partial charge < -0.3 is 10.6 Å². The number of halogens is 3. The first-order valence-corrected chi connectivity index (χ1v) is 8.34. The molecule has 1 aromatic carbocycles. The third kappa shape index (κ3) is 5.30. The predicted octanol–water partition coefficient (Wildman–Crippen LogP) is 1.34. The summed E-state index contributed by atoms with van der Waals surface area (Å²) in [5, 5.41) is 18.9. The summed E-state index contributed by atoms with van der Waals surface area (Å²) in [6.07, 6.45) is -4.03. The zero-order chi connectivity index (χ0) is 21.8. The maximum atomic E-state index is 13.2. The van der Waals surface area contributed by atoms with Crippen molar-refractivity contribution in [3.8, 4) is 0 Å². The zero-order valence-electron chi connectivity index (χ0n) is 15.4. The van der Waals surface area contributed by atoms with Gasteiger partial charge in [0.15, 0.2) is 5.69 Å². The van der Waals surface area contributed by atoms with Crippen molar-refractivity contribution in [1.29, 1.82) is 0 Å². The maximum Gasteiger partial charge on any atom is 0.435 e. The predicted molar refractivity (Wildman–Crippen MR) is 94.6 cm³/mol. The first kappa shape index (κ1) is 21.9. The summed E-state index contributed by atoms with van der Waals surface area (Å²) in [7, 11) is 2.46. The Hall–Kier alpha value is -3.44. The van der Waals surface area contributed by atoms with Gasteiger partial charge in [0.05, 0.1) is 11.5 Å². The van der Waals surface area contributed by atoms with Gasteiger partial charge in [-0.25, -0.2) is 0 Å². The average molecular weight is 413 g/mol. The Bertz CT molecular complexity index is 898. The quantitative estimate of drug-likeness (QED) is 0.525. The van der Waals surface area contributed by atoms with Gasteiger partial charge in [0, 0.05) is 25.2 Å². The minimum absolute atomic E-state index is 0.375. The molecule has 0 fully saturated rings. The minimum Gasteiger partial charge on any atom is -0.357 e. The Labute approximate surface area is 163 Å². The molecule has 0 aliphatic heterocycles. The summed E-state index contributed by atoms with van der Waals surface area (Å²) >= 11 is 0. The number of nitro groups is 1. The van der Waals surface area contributed by atoms with Crippen molar-refractivity contribution in [2.45, 2.75) is 18.1 Å². The second-order valence-electron chi connectivity index (χ2n) is 6.16. The lowest BCUT2D eigenvalue weighted by atomic mass is 9.90. The molecule has 2 amide bonds. The van der Waals surface area contributed by atoms with E-state index in [0.717, 1.165) is 10.9 Å². The highest BCUT2D eigenvalue weighted by Gasteiger charge is 2.41. The number of rotatable bonds is 7. The van der Waals surface area contributed by atoms with E-state index < -0.39 is 52.7 Å². The van der Waals surface area contributed by atoms with Crippen LogP contribution in [0, 0.1) is 10.1 Å². The molecule has 2 aromatic rings. The second-order valence-corrected chi connectivity index (χ2v) is 6.16. The van der Waals surface area contributed by atoms with Crippen LogP contribution in [-0.4, -0.2) is 46.2 Å². The number of aryl methyl sites for hydroxylation is 1.